The molecule has 3 rings (SSSR count). The Morgan fingerprint density at radius 3 is 2.94 bits per heavy atom. The first-order valence-electron chi connectivity index (χ1n) is 6.40. The summed E-state index contributed by atoms with van der Waals surface area (Å²) in [6.45, 7) is 1.81. The molecule has 0 saturated carbocycles. The molecule has 1 aliphatic heterocycles. The standard InChI is InChI=1S/C14H19NO2S/c1-15-5-6-17-13-8-10-9(7-11(13)15)12(16)3-4-14(10)18-2/h3-4,11,13,16H,5-8H2,1-2H3. The number of nitrogens with zero attached hydrogens (tertiary/aromatic N) is 1. The van der Waals surface area contributed by atoms with Crippen LogP contribution < -0.4 is 0 Å². The van der Waals surface area contributed by atoms with Crippen LogP contribution in [0.1, 0.15) is 11.1 Å². The Kier molecular flexibility index (Phi) is 3.26. The van der Waals surface area contributed by atoms with E-state index in [1.165, 1.54) is 10.5 Å². The highest BCUT2D eigenvalue weighted by atomic mass is 32.2. The van der Waals surface area contributed by atoms with Crippen molar-refractivity contribution in [1.29, 1.82) is 0 Å². The van der Waals surface area contributed by atoms with Gasteiger partial charge in [-0.3, -0.25) is 4.90 Å². The van der Waals surface area contributed by atoms with Crippen LogP contribution in [0, 0.1) is 0 Å². The maximum absolute atomic E-state index is 10.1. The van der Waals surface area contributed by atoms with Gasteiger partial charge in [-0.1, -0.05) is 0 Å². The van der Waals surface area contributed by atoms with Gasteiger partial charge in [-0.2, -0.15) is 0 Å². The van der Waals surface area contributed by atoms with Gasteiger partial charge in [0.05, 0.1) is 12.7 Å². The number of ether oxygens (including phenoxy) is 1. The number of fused-ring (bicyclic) bond motifs is 2. The fourth-order valence-corrected chi connectivity index (χ4v) is 3.76. The monoisotopic (exact) mass is 265 g/mol. The van der Waals surface area contributed by atoms with E-state index in [1.807, 2.05) is 12.1 Å². The number of thioether (sulfide) groups is 1. The molecule has 0 bridgehead atoms. The van der Waals surface area contributed by atoms with Gasteiger partial charge < -0.3 is 9.84 Å². The molecule has 0 spiro atoms. The molecular formula is C14H19NO2S. The number of hydrogen-bond donors (Lipinski definition) is 1. The number of phenols is 1. The van der Waals surface area contributed by atoms with E-state index in [-0.39, 0.29) is 6.10 Å². The maximum atomic E-state index is 10.1. The zero-order chi connectivity index (χ0) is 12.7. The van der Waals surface area contributed by atoms with Crippen LogP contribution in [0.3, 0.4) is 0 Å². The van der Waals surface area contributed by atoms with Crippen LogP contribution in [0.4, 0.5) is 0 Å². The first-order valence-corrected chi connectivity index (χ1v) is 7.62. The van der Waals surface area contributed by atoms with Crippen molar-refractivity contribution in [2.24, 2.45) is 0 Å². The summed E-state index contributed by atoms with van der Waals surface area (Å²) in [4.78, 5) is 3.64. The average molecular weight is 265 g/mol. The van der Waals surface area contributed by atoms with Gasteiger partial charge in [-0.05, 0) is 43.0 Å². The molecule has 0 amide bonds. The molecule has 0 radical (unpaired) electrons. The van der Waals surface area contributed by atoms with Crippen LogP contribution in [0.15, 0.2) is 17.0 Å². The highest BCUT2D eigenvalue weighted by Crippen LogP contribution is 2.38. The van der Waals surface area contributed by atoms with Crippen molar-refractivity contribution in [3.05, 3.63) is 23.3 Å². The zero-order valence-corrected chi connectivity index (χ0v) is 11.7. The van der Waals surface area contributed by atoms with Gasteiger partial charge in [0.2, 0.25) is 0 Å². The van der Waals surface area contributed by atoms with Crippen LogP contribution >= 0.6 is 11.8 Å². The number of morpholine rings is 1. The van der Waals surface area contributed by atoms with Gasteiger partial charge in [0.25, 0.3) is 0 Å². The van der Waals surface area contributed by atoms with E-state index in [0.29, 0.717) is 11.8 Å². The summed E-state index contributed by atoms with van der Waals surface area (Å²) in [5, 5.41) is 10.1. The van der Waals surface area contributed by atoms with Crippen LogP contribution in [0.5, 0.6) is 5.75 Å². The summed E-state index contributed by atoms with van der Waals surface area (Å²) in [5.41, 5.74) is 2.42. The Bertz CT molecular complexity index is 463. The lowest BCUT2D eigenvalue weighted by molar-refractivity contribution is -0.0649. The third-order valence-corrected chi connectivity index (χ3v) is 5.00. The Labute approximate surface area is 112 Å². The molecule has 0 aromatic heterocycles. The molecule has 2 aliphatic rings. The normalized spacial score (nSPS) is 27.7. The van der Waals surface area contributed by atoms with Crippen molar-refractivity contribution in [3.63, 3.8) is 0 Å². The van der Waals surface area contributed by atoms with Gasteiger partial charge in [0.15, 0.2) is 0 Å². The molecule has 2 unspecified atom stereocenters. The smallest absolute Gasteiger partial charge is 0.119 e. The largest absolute Gasteiger partial charge is 0.508 e. The van der Waals surface area contributed by atoms with E-state index in [2.05, 4.69) is 18.2 Å². The molecule has 3 nitrogen and oxygen atoms in total. The number of rotatable bonds is 1. The first-order chi connectivity index (χ1) is 8.70. The van der Waals surface area contributed by atoms with Crippen LogP contribution in [0.2, 0.25) is 0 Å². The minimum atomic E-state index is 0.281. The Balaban J connectivity index is 2.01. The predicted octanol–water partition coefficient (Wildman–Crippen LogP) is 1.91. The van der Waals surface area contributed by atoms with Gasteiger partial charge in [0, 0.05) is 23.9 Å². The third-order valence-electron chi connectivity index (χ3n) is 4.17. The van der Waals surface area contributed by atoms with E-state index < -0.39 is 0 Å². The van der Waals surface area contributed by atoms with E-state index in [9.17, 15) is 5.11 Å². The van der Waals surface area contributed by atoms with Crippen LogP contribution in [-0.4, -0.2) is 48.6 Å². The van der Waals surface area contributed by atoms with Crippen LogP contribution in [0.25, 0.3) is 0 Å². The fraction of sp³-hybridized carbons (Fsp3) is 0.571. The number of hydrogen-bond acceptors (Lipinski definition) is 4. The van der Waals surface area contributed by atoms with E-state index in [4.69, 9.17) is 4.74 Å². The summed E-state index contributed by atoms with van der Waals surface area (Å²) in [6.07, 6.45) is 4.20. The van der Waals surface area contributed by atoms with Crippen LogP contribution in [-0.2, 0) is 17.6 Å². The Hall–Kier alpha value is -0.710. The second-order valence-electron chi connectivity index (χ2n) is 5.11. The predicted molar refractivity (Wildman–Crippen MR) is 73.5 cm³/mol. The Morgan fingerprint density at radius 1 is 1.33 bits per heavy atom. The quantitative estimate of drug-likeness (QED) is 0.786. The maximum Gasteiger partial charge on any atom is 0.119 e. The summed E-state index contributed by atoms with van der Waals surface area (Å²) >= 11 is 1.75. The minimum absolute atomic E-state index is 0.281. The highest BCUT2D eigenvalue weighted by molar-refractivity contribution is 7.98. The molecule has 98 valence electrons. The molecule has 1 aromatic carbocycles. The van der Waals surface area contributed by atoms with Gasteiger partial charge >= 0.3 is 0 Å². The van der Waals surface area contributed by atoms with E-state index in [0.717, 1.165) is 31.6 Å². The molecule has 1 saturated heterocycles. The zero-order valence-electron chi connectivity index (χ0n) is 10.8. The summed E-state index contributed by atoms with van der Waals surface area (Å²) in [6, 6.07) is 4.26. The Morgan fingerprint density at radius 2 is 2.17 bits per heavy atom. The highest BCUT2D eigenvalue weighted by Gasteiger charge is 2.36. The van der Waals surface area contributed by atoms with Gasteiger partial charge in [-0.15, -0.1) is 11.8 Å². The number of aromatic hydroxyl groups is 1. The van der Waals surface area contributed by atoms with Crippen molar-refractivity contribution in [2.75, 3.05) is 26.5 Å². The lowest BCUT2D eigenvalue weighted by atomic mass is 9.84. The van der Waals surface area contributed by atoms with Crippen molar-refractivity contribution in [1.82, 2.24) is 4.90 Å². The molecule has 1 fully saturated rings. The fourth-order valence-electron chi connectivity index (χ4n) is 3.10. The lowest BCUT2D eigenvalue weighted by Gasteiger charge is -2.43. The van der Waals surface area contributed by atoms with Crippen molar-refractivity contribution in [2.45, 2.75) is 29.9 Å². The van der Waals surface area contributed by atoms with E-state index in [1.54, 1.807) is 11.8 Å². The molecule has 18 heavy (non-hydrogen) atoms. The second kappa shape index (κ2) is 4.76. The van der Waals surface area contributed by atoms with Gasteiger partial charge in [0.1, 0.15) is 5.75 Å². The van der Waals surface area contributed by atoms with Crippen molar-refractivity contribution < 1.29 is 9.84 Å². The summed E-state index contributed by atoms with van der Waals surface area (Å²) in [7, 11) is 2.15. The third kappa shape index (κ3) is 1.92. The summed E-state index contributed by atoms with van der Waals surface area (Å²) < 4.78 is 5.92. The first kappa shape index (κ1) is 12.3. The molecule has 1 N–H and O–H groups in total. The molecule has 1 heterocycles. The van der Waals surface area contributed by atoms with Crippen molar-refractivity contribution in [3.8, 4) is 5.75 Å². The number of likely N-dealkylation sites (N-methyl/N-ethyl adjacent to an activating group) is 1. The molecular weight excluding hydrogens is 246 g/mol. The SMILES string of the molecule is CSc1ccc(O)c2c1CC1OCCN(C)C1C2. The number of benzene rings is 1. The topological polar surface area (TPSA) is 32.7 Å². The van der Waals surface area contributed by atoms with Gasteiger partial charge in [-0.25, -0.2) is 0 Å². The van der Waals surface area contributed by atoms with Crippen molar-refractivity contribution >= 4 is 11.8 Å². The average Bonchev–Trinajstić information content (AvgIpc) is 2.38. The second-order valence-corrected chi connectivity index (χ2v) is 5.96. The molecule has 4 heteroatoms. The molecule has 1 aliphatic carbocycles. The molecule has 2 atom stereocenters. The summed E-state index contributed by atoms with van der Waals surface area (Å²) in [5.74, 6) is 0.445. The van der Waals surface area contributed by atoms with E-state index >= 15 is 0 Å². The molecule has 1 aromatic rings. The number of phenolic OH excluding ortho intramolecular Hbond substituents is 1. The lowest BCUT2D eigenvalue weighted by Crippen LogP contribution is -2.53. The minimum Gasteiger partial charge on any atom is -0.508 e.